The fourth-order valence-corrected chi connectivity index (χ4v) is 2.26. The van der Waals surface area contributed by atoms with Crippen LogP contribution in [0.1, 0.15) is 37.8 Å². The lowest BCUT2D eigenvalue weighted by atomic mass is 10.2. The summed E-state index contributed by atoms with van der Waals surface area (Å²) >= 11 is 0. The van der Waals surface area contributed by atoms with Gasteiger partial charge in [0, 0.05) is 30.8 Å². The predicted molar refractivity (Wildman–Crippen MR) is 59.1 cm³/mol. The number of rotatable bonds is 4. The van der Waals surface area contributed by atoms with Gasteiger partial charge >= 0.3 is 0 Å². The van der Waals surface area contributed by atoms with E-state index in [1.807, 2.05) is 19.4 Å². The van der Waals surface area contributed by atoms with Gasteiger partial charge in [0.05, 0.1) is 19.5 Å². The van der Waals surface area contributed by atoms with Crippen LogP contribution < -0.4 is 0 Å². The molecule has 0 N–H and O–H groups in total. The number of hydrogen-bond acceptors (Lipinski definition) is 3. The van der Waals surface area contributed by atoms with Crippen molar-refractivity contribution in [2.75, 3.05) is 13.2 Å². The highest BCUT2D eigenvalue weighted by molar-refractivity contribution is 5.12. The van der Waals surface area contributed by atoms with E-state index in [4.69, 9.17) is 9.47 Å². The highest BCUT2D eigenvalue weighted by Gasteiger charge is 2.32. The first kappa shape index (κ1) is 10.3. The van der Waals surface area contributed by atoms with Gasteiger partial charge in [-0.25, -0.2) is 4.98 Å². The molecule has 4 heteroatoms. The summed E-state index contributed by atoms with van der Waals surface area (Å²) in [5.74, 6) is 0.367. The van der Waals surface area contributed by atoms with E-state index in [0.717, 1.165) is 32.1 Å². The summed E-state index contributed by atoms with van der Waals surface area (Å²) in [6, 6.07) is 0. The van der Waals surface area contributed by atoms with Crippen LogP contribution in [0, 0.1) is 0 Å². The first-order valence-corrected chi connectivity index (χ1v) is 6.05. The highest BCUT2D eigenvalue weighted by Crippen LogP contribution is 2.40. The van der Waals surface area contributed by atoms with Gasteiger partial charge in [0.15, 0.2) is 5.79 Å². The fraction of sp³-hybridized carbons (Fsp3) is 0.750. The Hall–Kier alpha value is -0.870. The van der Waals surface area contributed by atoms with Gasteiger partial charge in [-0.2, -0.15) is 0 Å². The standard InChI is InChI=1S/C12H18N2O2/c1-12(15-6-7-16-12)4-5-14-9-13-8-11(14)10-2-3-10/h8-10H,2-7H2,1H3. The van der Waals surface area contributed by atoms with Crippen molar-refractivity contribution in [1.82, 2.24) is 9.55 Å². The monoisotopic (exact) mass is 222 g/mol. The lowest BCUT2D eigenvalue weighted by Gasteiger charge is -2.22. The summed E-state index contributed by atoms with van der Waals surface area (Å²) in [5.41, 5.74) is 1.38. The van der Waals surface area contributed by atoms with Gasteiger partial charge in [-0.15, -0.1) is 0 Å². The highest BCUT2D eigenvalue weighted by atomic mass is 16.7. The van der Waals surface area contributed by atoms with Crippen molar-refractivity contribution in [3.05, 3.63) is 18.2 Å². The maximum Gasteiger partial charge on any atom is 0.167 e. The van der Waals surface area contributed by atoms with E-state index in [1.165, 1.54) is 18.5 Å². The lowest BCUT2D eigenvalue weighted by Crippen LogP contribution is -2.27. The van der Waals surface area contributed by atoms with Crippen LogP contribution in [0.5, 0.6) is 0 Å². The quantitative estimate of drug-likeness (QED) is 0.780. The Labute approximate surface area is 95.6 Å². The lowest BCUT2D eigenvalue weighted by molar-refractivity contribution is -0.148. The largest absolute Gasteiger partial charge is 0.348 e. The summed E-state index contributed by atoms with van der Waals surface area (Å²) in [6.07, 6.45) is 7.44. The van der Waals surface area contributed by atoms with Gasteiger partial charge in [-0.1, -0.05) is 0 Å². The van der Waals surface area contributed by atoms with Gasteiger partial charge in [0.1, 0.15) is 0 Å². The molecular formula is C12H18N2O2. The number of hydrogen-bond donors (Lipinski definition) is 0. The zero-order valence-electron chi connectivity index (χ0n) is 9.69. The van der Waals surface area contributed by atoms with Gasteiger partial charge in [0.2, 0.25) is 0 Å². The number of aryl methyl sites for hydroxylation is 1. The van der Waals surface area contributed by atoms with Crippen LogP contribution in [0.2, 0.25) is 0 Å². The average Bonchev–Trinajstić information content (AvgIpc) is 2.86. The molecule has 1 saturated carbocycles. The van der Waals surface area contributed by atoms with E-state index in [2.05, 4.69) is 9.55 Å². The molecule has 1 aliphatic carbocycles. The van der Waals surface area contributed by atoms with Crippen LogP contribution in [0.25, 0.3) is 0 Å². The zero-order valence-corrected chi connectivity index (χ0v) is 9.69. The molecule has 16 heavy (non-hydrogen) atoms. The van der Waals surface area contributed by atoms with Crippen molar-refractivity contribution in [3.8, 4) is 0 Å². The van der Waals surface area contributed by atoms with Gasteiger partial charge in [0.25, 0.3) is 0 Å². The zero-order chi connectivity index (χ0) is 11.0. The summed E-state index contributed by atoms with van der Waals surface area (Å²) in [5, 5.41) is 0. The van der Waals surface area contributed by atoms with Crippen LogP contribution in [0.15, 0.2) is 12.5 Å². The predicted octanol–water partition coefficient (Wildman–Crippen LogP) is 1.91. The van der Waals surface area contributed by atoms with E-state index in [-0.39, 0.29) is 5.79 Å². The Balaban J connectivity index is 1.63. The summed E-state index contributed by atoms with van der Waals surface area (Å²) in [7, 11) is 0. The summed E-state index contributed by atoms with van der Waals surface area (Å²) in [4.78, 5) is 4.23. The maximum atomic E-state index is 5.60. The van der Waals surface area contributed by atoms with Crippen molar-refractivity contribution in [2.45, 2.75) is 44.4 Å². The second-order valence-corrected chi connectivity index (χ2v) is 4.87. The normalized spacial score (nSPS) is 23.8. The SMILES string of the molecule is CC1(CCn2cncc2C2CC2)OCCO1. The summed E-state index contributed by atoms with van der Waals surface area (Å²) in [6.45, 7) is 4.39. The number of imidazole rings is 1. The van der Waals surface area contributed by atoms with Crippen molar-refractivity contribution in [1.29, 1.82) is 0 Å². The third kappa shape index (κ3) is 1.99. The van der Waals surface area contributed by atoms with Crippen LogP contribution in [-0.2, 0) is 16.0 Å². The van der Waals surface area contributed by atoms with E-state index >= 15 is 0 Å². The third-order valence-corrected chi connectivity index (χ3v) is 3.45. The van der Waals surface area contributed by atoms with E-state index < -0.39 is 0 Å². The second kappa shape index (κ2) is 3.86. The van der Waals surface area contributed by atoms with E-state index in [9.17, 15) is 0 Å². The number of aromatic nitrogens is 2. The molecule has 0 radical (unpaired) electrons. The summed E-state index contributed by atoms with van der Waals surface area (Å²) < 4.78 is 13.4. The van der Waals surface area contributed by atoms with Crippen LogP contribution in [-0.4, -0.2) is 28.6 Å². The van der Waals surface area contributed by atoms with Gasteiger partial charge < -0.3 is 14.0 Å². The Bertz CT molecular complexity index is 365. The Morgan fingerprint density at radius 2 is 2.19 bits per heavy atom. The first-order chi connectivity index (χ1) is 7.77. The van der Waals surface area contributed by atoms with Gasteiger partial charge in [-0.05, 0) is 19.8 Å². The molecule has 2 aliphatic rings. The van der Waals surface area contributed by atoms with Crippen LogP contribution >= 0.6 is 0 Å². The minimum absolute atomic E-state index is 0.384. The molecule has 4 nitrogen and oxygen atoms in total. The average molecular weight is 222 g/mol. The molecule has 1 aliphatic heterocycles. The molecule has 0 bridgehead atoms. The maximum absolute atomic E-state index is 5.60. The topological polar surface area (TPSA) is 36.3 Å². The van der Waals surface area contributed by atoms with Crippen LogP contribution in [0.3, 0.4) is 0 Å². The van der Waals surface area contributed by atoms with Crippen molar-refractivity contribution < 1.29 is 9.47 Å². The molecule has 3 rings (SSSR count). The Kier molecular flexibility index (Phi) is 2.48. The molecule has 88 valence electrons. The second-order valence-electron chi connectivity index (χ2n) is 4.87. The molecule has 0 atom stereocenters. The molecule has 0 unspecified atom stereocenters. The van der Waals surface area contributed by atoms with Crippen molar-refractivity contribution >= 4 is 0 Å². The molecular weight excluding hydrogens is 204 g/mol. The molecule has 2 fully saturated rings. The molecule has 1 aromatic heterocycles. The molecule has 1 aromatic rings. The van der Waals surface area contributed by atoms with E-state index in [1.54, 1.807) is 0 Å². The van der Waals surface area contributed by atoms with E-state index in [0.29, 0.717) is 0 Å². The van der Waals surface area contributed by atoms with Crippen LogP contribution in [0.4, 0.5) is 0 Å². The molecule has 0 aromatic carbocycles. The smallest absolute Gasteiger partial charge is 0.167 e. The number of nitrogens with zero attached hydrogens (tertiary/aromatic N) is 2. The third-order valence-electron chi connectivity index (χ3n) is 3.45. The Morgan fingerprint density at radius 3 is 2.88 bits per heavy atom. The molecule has 0 spiro atoms. The van der Waals surface area contributed by atoms with Crippen molar-refractivity contribution in [2.24, 2.45) is 0 Å². The minimum atomic E-state index is -0.384. The Morgan fingerprint density at radius 1 is 1.44 bits per heavy atom. The molecule has 1 saturated heterocycles. The fourth-order valence-electron chi connectivity index (χ4n) is 2.26. The molecule has 0 amide bonds. The molecule has 2 heterocycles. The minimum Gasteiger partial charge on any atom is -0.348 e. The first-order valence-electron chi connectivity index (χ1n) is 6.05. The number of ether oxygens (including phenoxy) is 2. The van der Waals surface area contributed by atoms with Crippen molar-refractivity contribution in [3.63, 3.8) is 0 Å². The van der Waals surface area contributed by atoms with Gasteiger partial charge in [-0.3, -0.25) is 0 Å².